The molecule has 0 aliphatic carbocycles. The first-order valence-corrected chi connectivity index (χ1v) is 17.2. The highest BCUT2D eigenvalue weighted by atomic mass is 15.0. The van der Waals surface area contributed by atoms with E-state index >= 15 is 0 Å². The third kappa shape index (κ3) is 5.04. The molecule has 8 aromatic carbocycles. The van der Waals surface area contributed by atoms with Crippen LogP contribution in [0.2, 0.25) is 0 Å². The summed E-state index contributed by atoms with van der Waals surface area (Å²) >= 11 is 0. The first-order chi connectivity index (χ1) is 25.3. The maximum absolute atomic E-state index is 5.10. The van der Waals surface area contributed by atoms with Gasteiger partial charge in [0.1, 0.15) is 0 Å². The molecule has 0 spiro atoms. The summed E-state index contributed by atoms with van der Waals surface area (Å²) in [5.41, 5.74) is 8.77. The Hall–Kier alpha value is -6.91. The molecule has 51 heavy (non-hydrogen) atoms. The van der Waals surface area contributed by atoms with E-state index in [1.165, 1.54) is 38.3 Å². The fourth-order valence-electron chi connectivity index (χ4n) is 7.33. The van der Waals surface area contributed by atoms with E-state index in [1.54, 1.807) is 0 Å². The van der Waals surface area contributed by atoms with Crippen molar-refractivity contribution in [1.82, 2.24) is 19.5 Å². The number of benzene rings is 8. The average molecular weight is 651 g/mol. The second-order valence-corrected chi connectivity index (χ2v) is 12.9. The molecule has 238 valence electrons. The molecule has 0 N–H and O–H groups in total. The predicted octanol–water partition coefficient (Wildman–Crippen LogP) is 11.9. The molecule has 0 aliphatic rings. The summed E-state index contributed by atoms with van der Waals surface area (Å²) in [5.74, 6) is 1.93. The minimum absolute atomic E-state index is 0.641. The van der Waals surface area contributed by atoms with Gasteiger partial charge in [0.05, 0.1) is 16.7 Å². The Labute approximate surface area is 295 Å². The maximum Gasteiger partial charge on any atom is 0.164 e. The summed E-state index contributed by atoms with van der Waals surface area (Å²) in [6, 6.07) is 64.0. The molecule has 10 rings (SSSR count). The molecule has 0 amide bonds. The van der Waals surface area contributed by atoms with Crippen LogP contribution in [0.3, 0.4) is 0 Å². The smallest absolute Gasteiger partial charge is 0.164 e. The fraction of sp³-hybridized carbons (Fsp3) is 0. The SMILES string of the molecule is c1ccc(-c2ccc3cc(-c4nc(-c5ccccc5)nc(-c5ccc6c(-n7c8ccccc8c8ccccc87)cccc6c5)n4)ccc3c2)cc1. The molecule has 4 heteroatoms. The Balaban J connectivity index is 1.11. The number of nitrogens with zero attached hydrogens (tertiary/aromatic N) is 4. The van der Waals surface area contributed by atoms with Crippen molar-refractivity contribution in [3.63, 3.8) is 0 Å². The highest BCUT2D eigenvalue weighted by Crippen LogP contribution is 2.36. The van der Waals surface area contributed by atoms with Gasteiger partial charge in [0.15, 0.2) is 17.5 Å². The van der Waals surface area contributed by atoms with E-state index in [0.717, 1.165) is 38.5 Å². The summed E-state index contributed by atoms with van der Waals surface area (Å²) in [5, 5.41) is 7.09. The number of hydrogen-bond donors (Lipinski definition) is 0. The minimum atomic E-state index is 0.641. The molecule has 4 nitrogen and oxygen atoms in total. The van der Waals surface area contributed by atoms with Crippen LogP contribution in [0, 0.1) is 0 Å². The van der Waals surface area contributed by atoms with Gasteiger partial charge >= 0.3 is 0 Å². The normalized spacial score (nSPS) is 11.5. The van der Waals surface area contributed by atoms with Gasteiger partial charge in [-0.05, 0) is 63.7 Å². The third-order valence-electron chi connectivity index (χ3n) is 9.81. The van der Waals surface area contributed by atoms with Gasteiger partial charge in [-0.25, -0.2) is 15.0 Å². The van der Waals surface area contributed by atoms with Crippen LogP contribution >= 0.6 is 0 Å². The number of rotatable bonds is 5. The number of hydrogen-bond acceptors (Lipinski definition) is 3. The fourth-order valence-corrected chi connectivity index (χ4v) is 7.33. The molecule has 0 aliphatic heterocycles. The molecule has 0 saturated carbocycles. The van der Waals surface area contributed by atoms with Crippen molar-refractivity contribution in [3.8, 4) is 51.0 Å². The monoisotopic (exact) mass is 650 g/mol. The van der Waals surface area contributed by atoms with Crippen molar-refractivity contribution < 1.29 is 0 Å². The van der Waals surface area contributed by atoms with Gasteiger partial charge < -0.3 is 4.57 Å². The Kier molecular flexibility index (Phi) is 6.78. The Morgan fingerprint density at radius 2 is 0.784 bits per heavy atom. The largest absolute Gasteiger partial charge is 0.309 e. The standard InChI is InChI=1S/C47H30N4/c1-3-12-31(13-4-1)33-22-23-35-29-37(25-24-34(35)28-33)46-48-45(32-14-5-2-6-15-32)49-47(50-46)38-26-27-39-36(30-38)16-11-21-42(39)51-43-19-9-7-17-40(43)41-18-8-10-20-44(41)51/h1-30H. The average Bonchev–Trinajstić information content (AvgIpc) is 3.54. The lowest BCUT2D eigenvalue weighted by atomic mass is 10.00. The van der Waals surface area contributed by atoms with Crippen molar-refractivity contribution in [2.75, 3.05) is 0 Å². The lowest BCUT2D eigenvalue weighted by Gasteiger charge is -2.13. The highest BCUT2D eigenvalue weighted by molar-refractivity contribution is 6.10. The highest BCUT2D eigenvalue weighted by Gasteiger charge is 2.16. The Morgan fingerprint density at radius 1 is 0.294 bits per heavy atom. The van der Waals surface area contributed by atoms with Crippen LogP contribution in [-0.4, -0.2) is 19.5 Å². The minimum Gasteiger partial charge on any atom is -0.309 e. The zero-order valence-electron chi connectivity index (χ0n) is 27.6. The number of fused-ring (bicyclic) bond motifs is 5. The van der Waals surface area contributed by atoms with Gasteiger partial charge in [-0.2, -0.15) is 0 Å². The van der Waals surface area contributed by atoms with Crippen molar-refractivity contribution in [2.45, 2.75) is 0 Å². The van der Waals surface area contributed by atoms with Crippen LogP contribution in [0.25, 0.3) is 94.3 Å². The maximum atomic E-state index is 5.10. The van der Waals surface area contributed by atoms with Crippen molar-refractivity contribution in [3.05, 3.63) is 182 Å². The summed E-state index contributed by atoms with van der Waals surface area (Å²) in [4.78, 5) is 15.2. The number of aromatic nitrogens is 4. The second-order valence-electron chi connectivity index (χ2n) is 12.9. The van der Waals surface area contributed by atoms with Crippen LogP contribution in [0.15, 0.2) is 182 Å². The van der Waals surface area contributed by atoms with Gasteiger partial charge in [0, 0.05) is 32.8 Å². The second kappa shape index (κ2) is 11.9. The van der Waals surface area contributed by atoms with Gasteiger partial charge in [0.2, 0.25) is 0 Å². The predicted molar refractivity (Wildman–Crippen MR) is 211 cm³/mol. The lowest BCUT2D eigenvalue weighted by Crippen LogP contribution is -2.00. The van der Waals surface area contributed by atoms with Crippen molar-refractivity contribution in [1.29, 1.82) is 0 Å². The van der Waals surface area contributed by atoms with Gasteiger partial charge in [-0.15, -0.1) is 0 Å². The molecule has 2 heterocycles. The van der Waals surface area contributed by atoms with Crippen molar-refractivity contribution >= 4 is 43.4 Å². The molecular weight excluding hydrogens is 621 g/mol. The molecule has 0 bridgehead atoms. The Bertz CT molecular complexity index is 2860. The van der Waals surface area contributed by atoms with Crippen LogP contribution < -0.4 is 0 Å². The van der Waals surface area contributed by atoms with E-state index in [1.807, 2.05) is 36.4 Å². The topological polar surface area (TPSA) is 43.6 Å². The first kappa shape index (κ1) is 29.0. The number of para-hydroxylation sites is 2. The quantitative estimate of drug-likeness (QED) is 0.186. The lowest BCUT2D eigenvalue weighted by molar-refractivity contribution is 1.07. The summed E-state index contributed by atoms with van der Waals surface area (Å²) in [7, 11) is 0. The van der Waals surface area contributed by atoms with Gasteiger partial charge in [0.25, 0.3) is 0 Å². The summed E-state index contributed by atoms with van der Waals surface area (Å²) < 4.78 is 2.38. The van der Waals surface area contributed by atoms with Crippen LogP contribution in [0.5, 0.6) is 0 Å². The molecule has 0 atom stereocenters. The molecule has 0 fully saturated rings. The van der Waals surface area contributed by atoms with E-state index in [-0.39, 0.29) is 0 Å². The zero-order chi connectivity index (χ0) is 33.7. The van der Waals surface area contributed by atoms with E-state index < -0.39 is 0 Å². The van der Waals surface area contributed by atoms with Crippen LogP contribution in [0.1, 0.15) is 0 Å². The molecule has 0 radical (unpaired) electrons. The summed E-state index contributed by atoms with van der Waals surface area (Å²) in [6.45, 7) is 0. The molecular formula is C47H30N4. The zero-order valence-corrected chi connectivity index (χ0v) is 27.6. The van der Waals surface area contributed by atoms with Crippen LogP contribution in [-0.2, 0) is 0 Å². The molecule has 0 unspecified atom stereocenters. The molecule has 10 aromatic rings. The Morgan fingerprint density at radius 3 is 1.43 bits per heavy atom. The molecule has 2 aromatic heterocycles. The van der Waals surface area contributed by atoms with E-state index in [0.29, 0.717) is 17.5 Å². The molecule has 0 saturated heterocycles. The van der Waals surface area contributed by atoms with Gasteiger partial charge in [-0.3, -0.25) is 0 Å². The van der Waals surface area contributed by atoms with E-state index in [2.05, 4.69) is 150 Å². The van der Waals surface area contributed by atoms with E-state index in [9.17, 15) is 0 Å². The van der Waals surface area contributed by atoms with E-state index in [4.69, 9.17) is 15.0 Å². The summed E-state index contributed by atoms with van der Waals surface area (Å²) in [6.07, 6.45) is 0. The van der Waals surface area contributed by atoms with Crippen molar-refractivity contribution in [2.24, 2.45) is 0 Å². The third-order valence-corrected chi connectivity index (χ3v) is 9.81. The van der Waals surface area contributed by atoms with Gasteiger partial charge in [-0.1, -0.05) is 146 Å². The first-order valence-electron chi connectivity index (χ1n) is 17.2. The van der Waals surface area contributed by atoms with Crippen LogP contribution in [0.4, 0.5) is 0 Å².